The third-order valence-electron chi connectivity index (χ3n) is 2.12. The summed E-state index contributed by atoms with van der Waals surface area (Å²) < 4.78 is 8.28. The van der Waals surface area contributed by atoms with Crippen molar-refractivity contribution in [3.63, 3.8) is 0 Å². The zero-order chi connectivity index (χ0) is 11.7. The van der Waals surface area contributed by atoms with Crippen molar-refractivity contribution in [3.8, 4) is 0 Å². The van der Waals surface area contributed by atoms with Gasteiger partial charge in [0, 0.05) is 19.2 Å². The highest BCUT2D eigenvalue weighted by molar-refractivity contribution is 7.73. The van der Waals surface area contributed by atoms with Gasteiger partial charge in [-0.3, -0.25) is 14.7 Å². The maximum Gasteiger partial charge on any atom is 0.270 e. The number of benzene rings is 1. The van der Waals surface area contributed by atoms with E-state index in [1.54, 1.807) is 17.7 Å². The van der Waals surface area contributed by atoms with Gasteiger partial charge in [-0.05, 0) is 18.3 Å². The molecule has 0 unspecified atom stereocenters. The predicted molar refractivity (Wildman–Crippen MR) is 64.3 cm³/mol. The van der Waals surface area contributed by atoms with Crippen molar-refractivity contribution in [1.29, 1.82) is 0 Å². The van der Waals surface area contributed by atoms with E-state index in [0.717, 1.165) is 10.2 Å². The predicted octanol–water partition coefficient (Wildman–Crippen LogP) is 2.94. The molecule has 0 N–H and O–H groups in total. The highest BCUT2D eigenvalue weighted by atomic mass is 32.1. The molecule has 0 aliphatic heterocycles. The second-order valence-electron chi connectivity index (χ2n) is 3.12. The number of hydrogen-bond donors (Lipinski definition) is 0. The van der Waals surface area contributed by atoms with Crippen LogP contribution in [0.15, 0.2) is 18.2 Å². The molecule has 1 aromatic heterocycles. The van der Waals surface area contributed by atoms with E-state index in [4.69, 9.17) is 17.0 Å². The van der Waals surface area contributed by atoms with Crippen LogP contribution >= 0.6 is 23.6 Å². The molecule has 2 rings (SSSR count). The number of nitrogens with zero attached hydrogens (tertiary/aromatic N) is 2. The van der Waals surface area contributed by atoms with Crippen molar-refractivity contribution in [2.45, 2.75) is 6.73 Å². The van der Waals surface area contributed by atoms with Crippen LogP contribution in [-0.2, 0) is 11.5 Å². The molecule has 2 aromatic rings. The molecular formula is C9H8N2O3S2. The van der Waals surface area contributed by atoms with Crippen molar-refractivity contribution < 1.29 is 9.66 Å². The minimum atomic E-state index is -0.414. The van der Waals surface area contributed by atoms with Gasteiger partial charge in [-0.15, -0.1) is 11.3 Å². The summed E-state index contributed by atoms with van der Waals surface area (Å²) in [5, 5.41) is 10.6. The summed E-state index contributed by atoms with van der Waals surface area (Å²) in [6, 6.07) is 4.69. The lowest BCUT2D eigenvalue weighted by atomic mass is 10.3. The third-order valence-corrected chi connectivity index (χ3v) is 3.53. The van der Waals surface area contributed by atoms with Gasteiger partial charge in [0.15, 0.2) is 3.95 Å². The van der Waals surface area contributed by atoms with Gasteiger partial charge >= 0.3 is 0 Å². The number of ether oxygens (including phenoxy) is 1. The fourth-order valence-corrected chi connectivity index (χ4v) is 2.75. The monoisotopic (exact) mass is 256 g/mol. The van der Waals surface area contributed by atoms with Gasteiger partial charge in [0.1, 0.15) is 6.73 Å². The number of methoxy groups -OCH3 is 1. The summed E-state index contributed by atoms with van der Waals surface area (Å²) in [6.45, 7) is 0.358. The number of fused-ring (bicyclic) bond motifs is 1. The Labute approximate surface area is 100 Å². The van der Waals surface area contributed by atoms with E-state index in [0.29, 0.717) is 10.7 Å². The minimum Gasteiger partial charge on any atom is -0.364 e. The highest BCUT2D eigenvalue weighted by Gasteiger charge is 2.10. The van der Waals surface area contributed by atoms with E-state index >= 15 is 0 Å². The van der Waals surface area contributed by atoms with Crippen molar-refractivity contribution in [2.24, 2.45) is 0 Å². The van der Waals surface area contributed by atoms with Gasteiger partial charge < -0.3 is 4.74 Å². The first-order chi connectivity index (χ1) is 7.63. The van der Waals surface area contributed by atoms with Crippen molar-refractivity contribution in [3.05, 3.63) is 32.3 Å². The number of nitro groups is 1. The molecule has 1 heterocycles. The average molecular weight is 256 g/mol. The number of hydrogen-bond acceptors (Lipinski definition) is 5. The molecule has 0 aliphatic rings. The lowest BCUT2D eigenvalue weighted by molar-refractivity contribution is -0.384. The molecule has 0 fully saturated rings. The Morgan fingerprint density at radius 1 is 1.62 bits per heavy atom. The van der Waals surface area contributed by atoms with Gasteiger partial charge in [0.2, 0.25) is 0 Å². The van der Waals surface area contributed by atoms with Crippen LogP contribution in [-0.4, -0.2) is 16.6 Å². The Morgan fingerprint density at radius 2 is 2.38 bits per heavy atom. The van der Waals surface area contributed by atoms with E-state index in [1.165, 1.54) is 23.5 Å². The largest absolute Gasteiger partial charge is 0.364 e. The van der Waals surface area contributed by atoms with Crippen LogP contribution in [0.25, 0.3) is 10.2 Å². The van der Waals surface area contributed by atoms with Gasteiger partial charge in [-0.1, -0.05) is 0 Å². The number of thiazole rings is 1. The van der Waals surface area contributed by atoms with Gasteiger partial charge in [0.05, 0.1) is 15.1 Å². The standard InChI is InChI=1S/C9H8N2O3S2/c1-14-5-10-7-3-2-6(11(12)13)4-8(7)16-9(10)15/h2-4H,5H2,1H3. The number of aromatic nitrogens is 1. The molecule has 0 amide bonds. The summed E-state index contributed by atoms with van der Waals surface area (Å²) in [5.41, 5.74) is 0.941. The molecule has 0 saturated heterocycles. The van der Waals surface area contributed by atoms with E-state index in [1.807, 2.05) is 0 Å². The third kappa shape index (κ3) is 1.84. The smallest absolute Gasteiger partial charge is 0.270 e. The summed E-state index contributed by atoms with van der Waals surface area (Å²) in [5.74, 6) is 0. The number of nitro benzene ring substituents is 1. The Morgan fingerprint density at radius 3 is 3.00 bits per heavy atom. The average Bonchev–Trinajstić information content (AvgIpc) is 2.55. The molecule has 0 spiro atoms. The Hall–Kier alpha value is -1.31. The maximum absolute atomic E-state index is 10.6. The molecule has 0 saturated carbocycles. The van der Waals surface area contributed by atoms with Crippen LogP contribution in [0.3, 0.4) is 0 Å². The second-order valence-corrected chi connectivity index (χ2v) is 4.80. The van der Waals surface area contributed by atoms with Crippen LogP contribution < -0.4 is 0 Å². The summed E-state index contributed by atoms with van der Waals surface area (Å²) >= 11 is 6.50. The van der Waals surface area contributed by atoms with Gasteiger partial charge in [0.25, 0.3) is 5.69 Å². The van der Waals surface area contributed by atoms with Crippen LogP contribution in [0.1, 0.15) is 0 Å². The summed E-state index contributed by atoms with van der Waals surface area (Å²) in [7, 11) is 1.58. The highest BCUT2D eigenvalue weighted by Crippen LogP contribution is 2.27. The SMILES string of the molecule is COCn1c(=S)sc2cc([N+](=O)[O-])ccc21. The van der Waals surface area contributed by atoms with Gasteiger partial charge in [-0.25, -0.2) is 0 Å². The Kier molecular flexibility index (Phi) is 2.99. The van der Waals surface area contributed by atoms with Crippen LogP contribution in [0.2, 0.25) is 0 Å². The first-order valence-corrected chi connectivity index (χ1v) is 5.62. The van der Waals surface area contributed by atoms with Gasteiger partial charge in [-0.2, -0.15) is 0 Å². The fourth-order valence-electron chi connectivity index (χ4n) is 1.42. The number of non-ortho nitro benzene ring substituents is 1. The molecule has 5 nitrogen and oxygen atoms in total. The maximum atomic E-state index is 10.6. The first kappa shape index (κ1) is 11.2. The van der Waals surface area contributed by atoms with Crippen LogP contribution in [0.4, 0.5) is 5.69 Å². The quantitative estimate of drug-likeness (QED) is 0.481. The molecule has 16 heavy (non-hydrogen) atoms. The molecular weight excluding hydrogens is 248 g/mol. The van der Waals surface area contributed by atoms with E-state index in [9.17, 15) is 10.1 Å². The molecule has 84 valence electrons. The van der Waals surface area contributed by atoms with E-state index in [-0.39, 0.29) is 5.69 Å². The zero-order valence-electron chi connectivity index (χ0n) is 8.37. The Balaban J connectivity index is 2.65. The Bertz CT molecular complexity index is 602. The van der Waals surface area contributed by atoms with E-state index < -0.39 is 4.92 Å². The van der Waals surface area contributed by atoms with E-state index in [2.05, 4.69) is 0 Å². The zero-order valence-corrected chi connectivity index (χ0v) is 10.0. The second kappa shape index (κ2) is 4.28. The molecule has 1 aromatic carbocycles. The van der Waals surface area contributed by atoms with Crippen molar-refractivity contribution >= 4 is 39.5 Å². The van der Waals surface area contributed by atoms with Crippen LogP contribution in [0, 0.1) is 14.1 Å². The first-order valence-electron chi connectivity index (χ1n) is 4.40. The molecule has 0 atom stereocenters. The van der Waals surface area contributed by atoms with Crippen molar-refractivity contribution in [2.75, 3.05) is 7.11 Å². The summed E-state index contributed by atoms with van der Waals surface area (Å²) in [4.78, 5) is 10.2. The van der Waals surface area contributed by atoms with Crippen LogP contribution in [0.5, 0.6) is 0 Å². The van der Waals surface area contributed by atoms with Crippen molar-refractivity contribution in [1.82, 2.24) is 4.57 Å². The molecule has 0 radical (unpaired) electrons. The molecule has 7 heteroatoms. The number of rotatable bonds is 3. The topological polar surface area (TPSA) is 57.3 Å². The fraction of sp³-hybridized carbons (Fsp3) is 0.222. The summed E-state index contributed by atoms with van der Waals surface area (Å²) in [6.07, 6.45) is 0. The lowest BCUT2D eigenvalue weighted by Gasteiger charge is -2.01. The molecule has 0 aliphatic carbocycles. The lowest BCUT2D eigenvalue weighted by Crippen LogP contribution is -1.98. The molecule has 0 bridgehead atoms. The minimum absolute atomic E-state index is 0.0771. The normalized spacial score (nSPS) is 10.8.